The Morgan fingerprint density at radius 1 is 0.968 bits per heavy atom. The summed E-state index contributed by atoms with van der Waals surface area (Å²) in [6.07, 6.45) is 0.705. The Morgan fingerprint density at radius 3 is 2.55 bits per heavy atom. The van der Waals surface area contributed by atoms with Crippen molar-refractivity contribution in [2.45, 2.75) is 19.5 Å². The van der Waals surface area contributed by atoms with E-state index in [0.717, 1.165) is 35.1 Å². The second-order valence-corrected chi connectivity index (χ2v) is 7.74. The summed E-state index contributed by atoms with van der Waals surface area (Å²) in [4.78, 5) is 14.5. The molecule has 156 valence electrons. The molecule has 5 rings (SSSR count). The van der Waals surface area contributed by atoms with Crippen molar-refractivity contribution >= 4 is 22.6 Å². The monoisotopic (exact) mass is 417 g/mol. The molecule has 4 aromatic rings. The number of hydrogen-bond acceptors (Lipinski definition) is 1. The molecule has 0 fully saturated rings. The van der Waals surface area contributed by atoms with Crippen molar-refractivity contribution < 1.29 is 13.6 Å². The van der Waals surface area contributed by atoms with Crippen LogP contribution in [0.3, 0.4) is 0 Å². The minimum Gasteiger partial charge on any atom is -0.340 e. The van der Waals surface area contributed by atoms with Gasteiger partial charge in [-0.1, -0.05) is 48.5 Å². The number of halogens is 2. The molecule has 3 aromatic carbocycles. The Bertz CT molecular complexity index is 1270. The lowest BCUT2D eigenvalue weighted by Crippen LogP contribution is -2.39. The summed E-state index contributed by atoms with van der Waals surface area (Å²) in [5, 5.41) is 3.70. The fraction of sp³-hybridized carbons (Fsp3) is 0.160. The Kier molecular flexibility index (Phi) is 4.90. The summed E-state index contributed by atoms with van der Waals surface area (Å²) in [7, 11) is 0. The average molecular weight is 417 g/mol. The van der Waals surface area contributed by atoms with E-state index in [1.807, 2.05) is 30.3 Å². The fourth-order valence-corrected chi connectivity index (χ4v) is 4.31. The maximum absolute atomic E-state index is 14.0. The van der Waals surface area contributed by atoms with Gasteiger partial charge < -0.3 is 14.8 Å². The molecule has 0 bridgehead atoms. The second kappa shape index (κ2) is 7.87. The van der Waals surface area contributed by atoms with Crippen LogP contribution in [0.15, 0.2) is 72.8 Å². The van der Waals surface area contributed by atoms with Crippen LogP contribution in [0.2, 0.25) is 0 Å². The van der Waals surface area contributed by atoms with Crippen LogP contribution in [-0.4, -0.2) is 22.0 Å². The standard InChI is InChI=1S/C25H21F2N3O/c26-18-10-11-22(21(27)14-18)28-25(31)29-13-12-24-20(16-29)19-8-4-5-9-23(19)30(24)15-17-6-2-1-3-7-17/h1-11,14H,12-13,15-16H2,(H,28,31). The number of fused-ring (bicyclic) bond motifs is 3. The molecule has 0 saturated heterocycles. The molecule has 4 nitrogen and oxygen atoms in total. The minimum atomic E-state index is -0.787. The summed E-state index contributed by atoms with van der Waals surface area (Å²) in [6, 6.07) is 21.3. The largest absolute Gasteiger partial charge is 0.340 e. The third-order valence-electron chi connectivity index (χ3n) is 5.81. The maximum atomic E-state index is 14.0. The molecule has 2 amide bonds. The highest BCUT2D eigenvalue weighted by atomic mass is 19.1. The smallest absolute Gasteiger partial charge is 0.322 e. The lowest BCUT2D eigenvalue weighted by atomic mass is 10.0. The van der Waals surface area contributed by atoms with Gasteiger partial charge in [0.2, 0.25) is 0 Å². The van der Waals surface area contributed by atoms with Crippen LogP contribution in [0, 0.1) is 11.6 Å². The third-order valence-corrected chi connectivity index (χ3v) is 5.81. The number of nitrogens with zero attached hydrogens (tertiary/aromatic N) is 2. The second-order valence-electron chi connectivity index (χ2n) is 7.74. The van der Waals surface area contributed by atoms with Crippen LogP contribution in [0.1, 0.15) is 16.8 Å². The number of amides is 2. The summed E-state index contributed by atoms with van der Waals surface area (Å²) < 4.78 is 29.4. The van der Waals surface area contributed by atoms with E-state index in [2.05, 4.69) is 34.1 Å². The summed E-state index contributed by atoms with van der Waals surface area (Å²) in [5.74, 6) is -1.46. The summed E-state index contributed by atoms with van der Waals surface area (Å²) in [6.45, 7) is 1.72. The molecule has 0 aliphatic carbocycles. The van der Waals surface area contributed by atoms with Crippen LogP contribution in [0.25, 0.3) is 10.9 Å². The van der Waals surface area contributed by atoms with Gasteiger partial charge in [0, 0.05) is 54.3 Å². The number of anilines is 1. The summed E-state index contributed by atoms with van der Waals surface area (Å²) >= 11 is 0. The number of nitrogens with one attached hydrogen (secondary N) is 1. The van der Waals surface area contributed by atoms with Gasteiger partial charge >= 0.3 is 6.03 Å². The first kappa shape index (κ1) is 19.3. The van der Waals surface area contributed by atoms with Crippen molar-refractivity contribution in [1.82, 2.24) is 9.47 Å². The SMILES string of the molecule is O=C(Nc1ccc(F)cc1F)N1CCc2c(c3ccccc3n2Cc2ccccc2)C1. The Balaban J connectivity index is 1.44. The third kappa shape index (κ3) is 3.65. The van der Waals surface area contributed by atoms with Crippen molar-refractivity contribution in [2.75, 3.05) is 11.9 Å². The number of urea groups is 1. The molecular formula is C25H21F2N3O. The first-order chi connectivity index (χ1) is 15.1. The highest BCUT2D eigenvalue weighted by Crippen LogP contribution is 2.32. The van der Waals surface area contributed by atoms with E-state index in [9.17, 15) is 13.6 Å². The van der Waals surface area contributed by atoms with Gasteiger partial charge in [0.05, 0.1) is 5.69 Å². The molecular weight excluding hydrogens is 396 g/mol. The van der Waals surface area contributed by atoms with Crippen LogP contribution < -0.4 is 5.32 Å². The quantitative estimate of drug-likeness (QED) is 0.466. The number of rotatable bonds is 3. The zero-order valence-corrected chi connectivity index (χ0v) is 16.8. The lowest BCUT2D eigenvalue weighted by Gasteiger charge is -2.28. The molecule has 1 aromatic heterocycles. The number of benzene rings is 3. The normalized spacial score (nSPS) is 13.3. The Hall–Kier alpha value is -3.67. The number of para-hydroxylation sites is 1. The van der Waals surface area contributed by atoms with E-state index in [-0.39, 0.29) is 5.69 Å². The number of hydrogen-bond donors (Lipinski definition) is 1. The van der Waals surface area contributed by atoms with E-state index >= 15 is 0 Å². The molecule has 0 unspecified atom stereocenters. The molecule has 0 saturated carbocycles. The predicted molar refractivity (Wildman–Crippen MR) is 117 cm³/mol. The zero-order valence-electron chi connectivity index (χ0n) is 16.8. The van der Waals surface area contributed by atoms with Gasteiger partial charge in [-0.05, 0) is 23.8 Å². The Labute approximate surface area is 178 Å². The van der Waals surface area contributed by atoms with Gasteiger partial charge in [-0.3, -0.25) is 0 Å². The highest BCUT2D eigenvalue weighted by Gasteiger charge is 2.27. The van der Waals surface area contributed by atoms with Crippen molar-refractivity contribution in [2.24, 2.45) is 0 Å². The van der Waals surface area contributed by atoms with Crippen molar-refractivity contribution in [3.8, 4) is 0 Å². The van der Waals surface area contributed by atoms with Crippen LogP contribution in [-0.2, 0) is 19.5 Å². The molecule has 0 radical (unpaired) electrons. The molecule has 1 aliphatic heterocycles. The first-order valence-electron chi connectivity index (χ1n) is 10.2. The lowest BCUT2D eigenvalue weighted by molar-refractivity contribution is 0.206. The molecule has 6 heteroatoms. The van der Waals surface area contributed by atoms with E-state index in [0.29, 0.717) is 19.5 Å². The van der Waals surface area contributed by atoms with E-state index < -0.39 is 17.7 Å². The fourth-order valence-electron chi connectivity index (χ4n) is 4.31. The molecule has 2 heterocycles. The minimum absolute atomic E-state index is 0.0243. The van der Waals surface area contributed by atoms with Crippen molar-refractivity contribution in [3.05, 3.63) is 101 Å². The van der Waals surface area contributed by atoms with E-state index in [4.69, 9.17) is 0 Å². The van der Waals surface area contributed by atoms with Gasteiger partial charge in [-0.15, -0.1) is 0 Å². The topological polar surface area (TPSA) is 37.3 Å². The van der Waals surface area contributed by atoms with Gasteiger partial charge in [-0.25, -0.2) is 13.6 Å². The van der Waals surface area contributed by atoms with Gasteiger partial charge in [0.1, 0.15) is 11.6 Å². The maximum Gasteiger partial charge on any atom is 0.322 e. The van der Waals surface area contributed by atoms with Crippen molar-refractivity contribution in [1.29, 1.82) is 0 Å². The zero-order chi connectivity index (χ0) is 21.4. The average Bonchev–Trinajstić information content (AvgIpc) is 3.09. The van der Waals surface area contributed by atoms with E-state index in [1.165, 1.54) is 17.3 Å². The summed E-state index contributed by atoms with van der Waals surface area (Å²) in [5.41, 5.74) is 4.68. The number of carbonyl (C=O) groups is 1. The molecule has 0 spiro atoms. The Morgan fingerprint density at radius 2 is 1.74 bits per heavy atom. The molecule has 1 aliphatic rings. The van der Waals surface area contributed by atoms with Gasteiger partial charge in [0.15, 0.2) is 0 Å². The number of aromatic nitrogens is 1. The predicted octanol–water partition coefficient (Wildman–Crippen LogP) is 5.56. The van der Waals surface area contributed by atoms with Crippen LogP contribution >= 0.6 is 0 Å². The van der Waals surface area contributed by atoms with Gasteiger partial charge in [0.25, 0.3) is 0 Å². The van der Waals surface area contributed by atoms with Gasteiger partial charge in [-0.2, -0.15) is 0 Å². The van der Waals surface area contributed by atoms with E-state index in [1.54, 1.807) is 4.90 Å². The highest BCUT2D eigenvalue weighted by molar-refractivity contribution is 5.91. The number of carbonyl (C=O) groups excluding carboxylic acids is 1. The molecule has 0 atom stereocenters. The molecule has 31 heavy (non-hydrogen) atoms. The van der Waals surface area contributed by atoms with Crippen LogP contribution in [0.4, 0.5) is 19.3 Å². The van der Waals surface area contributed by atoms with Crippen LogP contribution in [0.5, 0.6) is 0 Å². The molecule has 1 N–H and O–H groups in total. The first-order valence-corrected chi connectivity index (χ1v) is 10.2. The van der Waals surface area contributed by atoms with Crippen molar-refractivity contribution in [3.63, 3.8) is 0 Å².